The number of fused-ring (bicyclic) bond motifs is 4. The summed E-state index contributed by atoms with van der Waals surface area (Å²) in [4.78, 5) is 39.2. The van der Waals surface area contributed by atoms with Gasteiger partial charge in [0.05, 0.1) is 5.92 Å². The largest absolute Gasteiger partial charge is 0.481 e. The van der Waals surface area contributed by atoms with Gasteiger partial charge < -0.3 is 20.1 Å². The molecule has 4 unspecified atom stereocenters. The van der Waals surface area contributed by atoms with E-state index in [-0.39, 0.29) is 36.2 Å². The van der Waals surface area contributed by atoms with Crippen LogP contribution in [-0.4, -0.2) is 53.7 Å². The molecule has 184 valence electrons. The van der Waals surface area contributed by atoms with Crippen molar-refractivity contribution in [2.24, 2.45) is 17.8 Å². The van der Waals surface area contributed by atoms with Crippen LogP contribution in [0.1, 0.15) is 49.7 Å². The minimum Gasteiger partial charge on any atom is -0.481 e. The second-order valence-electron chi connectivity index (χ2n) is 9.93. The number of likely N-dealkylation sites (tertiary alicyclic amines) is 1. The molecular weight excluding hydrogens is 444 g/mol. The van der Waals surface area contributed by atoms with Crippen molar-refractivity contribution in [3.8, 4) is 11.1 Å². The lowest BCUT2D eigenvalue weighted by molar-refractivity contribution is -0.139. The number of ether oxygens (including phenoxy) is 1. The average molecular weight is 477 g/mol. The molecule has 2 aromatic rings. The Morgan fingerprint density at radius 3 is 2.34 bits per heavy atom. The average Bonchev–Trinajstić information content (AvgIpc) is 3.52. The van der Waals surface area contributed by atoms with Gasteiger partial charge in [-0.25, -0.2) is 4.79 Å². The molecule has 0 radical (unpaired) electrons. The van der Waals surface area contributed by atoms with Gasteiger partial charge in [-0.05, 0) is 46.9 Å². The predicted octanol–water partition coefficient (Wildman–Crippen LogP) is 4.26. The van der Waals surface area contributed by atoms with Crippen LogP contribution < -0.4 is 5.32 Å². The second kappa shape index (κ2) is 9.72. The van der Waals surface area contributed by atoms with E-state index >= 15 is 0 Å². The molecular formula is C28H32N2O5. The Balaban J connectivity index is 1.22. The van der Waals surface area contributed by atoms with Crippen LogP contribution in [0.5, 0.6) is 0 Å². The zero-order valence-corrected chi connectivity index (χ0v) is 20.0. The van der Waals surface area contributed by atoms with Gasteiger partial charge in [-0.1, -0.05) is 68.3 Å². The van der Waals surface area contributed by atoms with Crippen molar-refractivity contribution in [1.29, 1.82) is 0 Å². The number of carboxylic acids is 1. The van der Waals surface area contributed by atoms with Crippen molar-refractivity contribution in [3.63, 3.8) is 0 Å². The van der Waals surface area contributed by atoms with Gasteiger partial charge in [0.1, 0.15) is 12.6 Å². The number of nitrogens with one attached hydrogen (secondary N) is 1. The molecule has 0 bridgehead atoms. The standard InChI is InChI=1S/C28H32N2O5/c1-2-3-12-24(26(31)30-14-13-21-22(15-30)25(21)27(32)33)29-28(34)35-16-23-19-10-6-4-8-17(19)18-9-5-7-11-20(18)23/h4-11,21-25H,2-3,12-16H2,1H3,(H,29,34)(H,32,33). The van der Waals surface area contributed by atoms with E-state index < -0.39 is 18.1 Å². The molecule has 2 N–H and O–H groups in total. The summed E-state index contributed by atoms with van der Waals surface area (Å²) in [6.45, 7) is 3.23. The number of rotatable bonds is 8. The number of unbranched alkanes of at least 4 members (excludes halogenated alkanes) is 1. The van der Waals surface area contributed by atoms with Crippen LogP contribution in [0.15, 0.2) is 48.5 Å². The highest BCUT2D eigenvalue weighted by Crippen LogP contribution is 2.51. The van der Waals surface area contributed by atoms with Gasteiger partial charge in [0, 0.05) is 19.0 Å². The quantitative estimate of drug-likeness (QED) is 0.593. The van der Waals surface area contributed by atoms with E-state index in [9.17, 15) is 19.5 Å². The first-order valence-electron chi connectivity index (χ1n) is 12.6. The highest BCUT2D eigenvalue weighted by atomic mass is 16.5. The monoisotopic (exact) mass is 476 g/mol. The summed E-state index contributed by atoms with van der Waals surface area (Å²) in [5.41, 5.74) is 4.60. The molecule has 2 amide bonds. The van der Waals surface area contributed by atoms with Gasteiger partial charge >= 0.3 is 12.1 Å². The minimum atomic E-state index is -0.770. The number of aliphatic carboxylic acids is 1. The Morgan fingerprint density at radius 1 is 1.06 bits per heavy atom. The van der Waals surface area contributed by atoms with Crippen molar-refractivity contribution >= 4 is 18.0 Å². The van der Waals surface area contributed by atoms with Crippen molar-refractivity contribution in [3.05, 3.63) is 59.7 Å². The van der Waals surface area contributed by atoms with Gasteiger partial charge in [0.25, 0.3) is 0 Å². The number of carbonyl (C=O) groups excluding carboxylic acids is 2. The first kappa shape index (κ1) is 23.4. The summed E-state index contributed by atoms with van der Waals surface area (Å²) < 4.78 is 5.67. The third-order valence-electron chi connectivity index (χ3n) is 7.87. The maximum absolute atomic E-state index is 13.3. The number of piperidine rings is 1. The number of amides is 2. The van der Waals surface area contributed by atoms with Gasteiger partial charge in [-0.15, -0.1) is 0 Å². The molecule has 1 aliphatic heterocycles. The summed E-state index contributed by atoms with van der Waals surface area (Å²) in [5, 5.41) is 12.2. The first-order chi connectivity index (χ1) is 17.0. The molecule has 0 aromatic heterocycles. The highest BCUT2D eigenvalue weighted by molar-refractivity contribution is 5.86. The Morgan fingerprint density at radius 2 is 1.71 bits per heavy atom. The van der Waals surface area contributed by atoms with Crippen LogP contribution in [0.3, 0.4) is 0 Å². The molecule has 7 heteroatoms. The van der Waals surface area contributed by atoms with E-state index in [1.807, 2.05) is 31.2 Å². The van der Waals surface area contributed by atoms with E-state index in [1.165, 1.54) is 0 Å². The molecule has 1 saturated heterocycles. The van der Waals surface area contributed by atoms with Crippen molar-refractivity contribution < 1.29 is 24.2 Å². The second-order valence-corrected chi connectivity index (χ2v) is 9.93. The molecule has 35 heavy (non-hydrogen) atoms. The van der Waals surface area contributed by atoms with Crippen LogP contribution in [0.25, 0.3) is 11.1 Å². The molecule has 3 aliphatic rings. The lowest BCUT2D eigenvalue weighted by atomic mass is 9.98. The maximum atomic E-state index is 13.3. The smallest absolute Gasteiger partial charge is 0.407 e. The molecule has 5 rings (SSSR count). The minimum absolute atomic E-state index is 0.0338. The highest BCUT2D eigenvalue weighted by Gasteiger charge is 2.57. The summed E-state index contributed by atoms with van der Waals surface area (Å²) in [5.74, 6) is -1.07. The van der Waals surface area contributed by atoms with Crippen LogP contribution in [0, 0.1) is 17.8 Å². The summed E-state index contributed by atoms with van der Waals surface area (Å²) >= 11 is 0. The van der Waals surface area contributed by atoms with E-state index in [0.717, 1.165) is 35.1 Å². The fourth-order valence-corrected chi connectivity index (χ4v) is 5.97. The number of alkyl carbamates (subject to hydrolysis) is 1. The lowest BCUT2D eigenvalue weighted by Gasteiger charge is -2.30. The molecule has 2 aromatic carbocycles. The Kier molecular flexibility index (Phi) is 6.50. The number of nitrogens with zero attached hydrogens (tertiary/aromatic N) is 1. The van der Waals surface area contributed by atoms with Crippen molar-refractivity contribution in [2.45, 2.75) is 44.6 Å². The van der Waals surface area contributed by atoms with Crippen LogP contribution in [-0.2, 0) is 14.3 Å². The summed E-state index contributed by atoms with van der Waals surface area (Å²) in [6.07, 6.45) is 2.36. The Bertz CT molecular complexity index is 1090. The summed E-state index contributed by atoms with van der Waals surface area (Å²) in [6, 6.07) is 15.7. The van der Waals surface area contributed by atoms with Crippen molar-refractivity contribution in [1.82, 2.24) is 10.2 Å². The van der Waals surface area contributed by atoms with E-state index in [4.69, 9.17) is 4.74 Å². The molecule has 7 nitrogen and oxygen atoms in total. The van der Waals surface area contributed by atoms with Crippen LogP contribution in [0.2, 0.25) is 0 Å². The molecule has 0 spiro atoms. The van der Waals surface area contributed by atoms with E-state index in [1.54, 1.807) is 4.90 Å². The van der Waals surface area contributed by atoms with Gasteiger partial charge in [-0.2, -0.15) is 0 Å². The molecule has 1 saturated carbocycles. The molecule has 2 aliphatic carbocycles. The Labute approximate surface area is 205 Å². The van der Waals surface area contributed by atoms with Crippen LogP contribution in [0.4, 0.5) is 4.79 Å². The zero-order chi connectivity index (χ0) is 24.5. The molecule has 4 atom stereocenters. The van der Waals surface area contributed by atoms with Crippen molar-refractivity contribution in [2.75, 3.05) is 19.7 Å². The van der Waals surface area contributed by atoms with Gasteiger partial charge in [-0.3, -0.25) is 9.59 Å². The SMILES string of the molecule is CCCCC(NC(=O)OCC1c2ccccc2-c2ccccc21)C(=O)N1CCC2C(C1)C2C(=O)O. The normalized spacial score (nSPS) is 23.0. The number of carboxylic acid groups (broad SMARTS) is 1. The van der Waals surface area contributed by atoms with Gasteiger partial charge in [0.2, 0.25) is 5.91 Å². The molecule has 2 fully saturated rings. The van der Waals surface area contributed by atoms with E-state index in [0.29, 0.717) is 25.9 Å². The topological polar surface area (TPSA) is 95.9 Å². The number of benzene rings is 2. The number of hydrogen-bond acceptors (Lipinski definition) is 4. The zero-order valence-electron chi connectivity index (χ0n) is 20.0. The predicted molar refractivity (Wildman–Crippen MR) is 131 cm³/mol. The number of hydrogen-bond donors (Lipinski definition) is 2. The van der Waals surface area contributed by atoms with Crippen LogP contribution >= 0.6 is 0 Å². The lowest BCUT2D eigenvalue weighted by Crippen LogP contribution is -2.50. The Hall–Kier alpha value is -3.35. The van der Waals surface area contributed by atoms with E-state index in [2.05, 4.69) is 29.6 Å². The third kappa shape index (κ3) is 4.51. The first-order valence-corrected chi connectivity index (χ1v) is 12.6. The summed E-state index contributed by atoms with van der Waals surface area (Å²) in [7, 11) is 0. The maximum Gasteiger partial charge on any atom is 0.407 e. The fraction of sp³-hybridized carbons (Fsp3) is 0.464. The van der Waals surface area contributed by atoms with Gasteiger partial charge in [0.15, 0.2) is 0 Å². The molecule has 1 heterocycles. The third-order valence-corrected chi connectivity index (χ3v) is 7.87. The fourth-order valence-electron chi connectivity index (χ4n) is 5.97. The number of carbonyl (C=O) groups is 3.